The molecule has 1 N–H and O–H groups in total. The van der Waals surface area contributed by atoms with Crippen LogP contribution in [-0.4, -0.2) is 11.1 Å². The number of carbonyl (C=O) groups is 1. The second-order valence-corrected chi connectivity index (χ2v) is 2.45. The van der Waals surface area contributed by atoms with E-state index in [0.717, 1.165) is 0 Å². The van der Waals surface area contributed by atoms with E-state index in [9.17, 15) is 4.79 Å². The van der Waals surface area contributed by atoms with E-state index in [1.165, 1.54) is 0 Å². The van der Waals surface area contributed by atoms with Gasteiger partial charge in [-0.3, -0.25) is 4.79 Å². The van der Waals surface area contributed by atoms with Gasteiger partial charge in [0.25, 0.3) is 0 Å². The van der Waals surface area contributed by atoms with E-state index < -0.39 is 5.97 Å². The highest BCUT2D eigenvalue weighted by molar-refractivity contribution is 5.70. The van der Waals surface area contributed by atoms with Gasteiger partial charge in [-0.05, 0) is 12.3 Å². The standard InChI is InChI=1S/C8H14O2/c1-4-6(3)7(5-2)8(9)10/h4,6-7H,1,5H2,2-3H3,(H,9,10)/t6-,7+/m1/s1. The first-order valence-corrected chi connectivity index (χ1v) is 3.48. The van der Waals surface area contributed by atoms with Crippen molar-refractivity contribution in [1.82, 2.24) is 0 Å². The summed E-state index contributed by atoms with van der Waals surface area (Å²) in [5, 5.41) is 8.63. The molecule has 0 unspecified atom stereocenters. The normalized spacial score (nSPS) is 15.8. The highest BCUT2D eigenvalue weighted by atomic mass is 16.4. The van der Waals surface area contributed by atoms with Gasteiger partial charge in [-0.15, -0.1) is 6.58 Å². The maximum Gasteiger partial charge on any atom is 0.307 e. The summed E-state index contributed by atoms with van der Waals surface area (Å²) in [6, 6.07) is 0. The number of rotatable bonds is 4. The van der Waals surface area contributed by atoms with Crippen molar-refractivity contribution in [3.63, 3.8) is 0 Å². The van der Waals surface area contributed by atoms with Crippen LogP contribution in [0.4, 0.5) is 0 Å². The lowest BCUT2D eigenvalue weighted by Gasteiger charge is -2.13. The molecule has 0 aromatic rings. The number of aliphatic carboxylic acids is 1. The molecule has 0 amide bonds. The molecule has 0 aliphatic heterocycles. The molecule has 0 aliphatic carbocycles. The monoisotopic (exact) mass is 142 g/mol. The fourth-order valence-corrected chi connectivity index (χ4v) is 0.936. The molecule has 2 nitrogen and oxygen atoms in total. The Morgan fingerprint density at radius 1 is 1.80 bits per heavy atom. The molecule has 0 heterocycles. The minimum Gasteiger partial charge on any atom is -0.481 e. The first kappa shape index (κ1) is 9.21. The minimum atomic E-state index is -0.727. The second kappa shape index (κ2) is 4.09. The SMILES string of the molecule is C=C[C@@H](C)[C@H](CC)C(=O)O. The van der Waals surface area contributed by atoms with Crippen LogP contribution in [0.15, 0.2) is 12.7 Å². The number of carboxylic acids is 1. The van der Waals surface area contributed by atoms with Gasteiger partial charge in [0, 0.05) is 0 Å². The number of carboxylic acid groups (broad SMARTS) is 1. The maximum atomic E-state index is 10.5. The number of allylic oxidation sites excluding steroid dienone is 1. The molecule has 58 valence electrons. The smallest absolute Gasteiger partial charge is 0.307 e. The summed E-state index contributed by atoms with van der Waals surface area (Å²) in [5.74, 6) is -0.921. The summed E-state index contributed by atoms with van der Waals surface area (Å²) < 4.78 is 0. The highest BCUT2D eigenvalue weighted by Gasteiger charge is 2.19. The molecule has 0 aliphatic rings. The third-order valence-electron chi connectivity index (χ3n) is 1.76. The van der Waals surface area contributed by atoms with Crippen molar-refractivity contribution in [2.75, 3.05) is 0 Å². The third-order valence-corrected chi connectivity index (χ3v) is 1.76. The van der Waals surface area contributed by atoms with Crippen LogP contribution in [0.3, 0.4) is 0 Å². The molecular weight excluding hydrogens is 128 g/mol. The van der Waals surface area contributed by atoms with E-state index in [2.05, 4.69) is 6.58 Å². The molecule has 0 rings (SSSR count). The molecule has 0 saturated carbocycles. The predicted molar refractivity (Wildman–Crippen MR) is 40.8 cm³/mol. The van der Waals surface area contributed by atoms with Crippen molar-refractivity contribution in [1.29, 1.82) is 0 Å². The minimum absolute atomic E-state index is 0.0718. The summed E-state index contributed by atoms with van der Waals surface area (Å²) in [5.41, 5.74) is 0. The number of hydrogen-bond donors (Lipinski definition) is 1. The van der Waals surface area contributed by atoms with Crippen molar-refractivity contribution in [3.05, 3.63) is 12.7 Å². The lowest BCUT2D eigenvalue weighted by atomic mass is 9.92. The van der Waals surface area contributed by atoms with Crippen LogP contribution in [0.2, 0.25) is 0 Å². The van der Waals surface area contributed by atoms with E-state index >= 15 is 0 Å². The topological polar surface area (TPSA) is 37.3 Å². The highest BCUT2D eigenvalue weighted by Crippen LogP contribution is 2.15. The van der Waals surface area contributed by atoms with E-state index in [1.54, 1.807) is 6.08 Å². The van der Waals surface area contributed by atoms with Crippen LogP contribution in [-0.2, 0) is 4.79 Å². The Labute approximate surface area is 61.6 Å². The Bertz CT molecular complexity index is 129. The van der Waals surface area contributed by atoms with E-state index in [-0.39, 0.29) is 11.8 Å². The summed E-state index contributed by atoms with van der Waals surface area (Å²) in [4.78, 5) is 10.5. The lowest BCUT2D eigenvalue weighted by molar-refractivity contribution is -0.142. The van der Waals surface area contributed by atoms with Crippen LogP contribution in [0.5, 0.6) is 0 Å². The Hall–Kier alpha value is -0.790. The molecule has 0 spiro atoms. The molecule has 0 bridgehead atoms. The largest absolute Gasteiger partial charge is 0.481 e. The molecule has 0 fully saturated rings. The average molecular weight is 142 g/mol. The summed E-state index contributed by atoms with van der Waals surface area (Å²) >= 11 is 0. The first-order chi connectivity index (χ1) is 4.63. The molecule has 0 aromatic heterocycles. The van der Waals surface area contributed by atoms with Gasteiger partial charge in [0.15, 0.2) is 0 Å². The Kier molecular flexibility index (Phi) is 3.77. The van der Waals surface area contributed by atoms with Crippen LogP contribution in [0.1, 0.15) is 20.3 Å². The van der Waals surface area contributed by atoms with Crippen molar-refractivity contribution in [2.24, 2.45) is 11.8 Å². The van der Waals surface area contributed by atoms with Gasteiger partial charge in [-0.25, -0.2) is 0 Å². The van der Waals surface area contributed by atoms with E-state index in [1.807, 2.05) is 13.8 Å². The van der Waals surface area contributed by atoms with Crippen molar-refractivity contribution in [2.45, 2.75) is 20.3 Å². The van der Waals surface area contributed by atoms with Crippen LogP contribution < -0.4 is 0 Å². The van der Waals surface area contributed by atoms with Crippen molar-refractivity contribution >= 4 is 5.97 Å². The Morgan fingerprint density at radius 2 is 2.30 bits per heavy atom. The fourth-order valence-electron chi connectivity index (χ4n) is 0.936. The molecular formula is C8H14O2. The molecule has 2 heteroatoms. The third kappa shape index (κ3) is 2.21. The number of hydrogen-bond acceptors (Lipinski definition) is 1. The van der Waals surface area contributed by atoms with Crippen LogP contribution in [0, 0.1) is 11.8 Å². The van der Waals surface area contributed by atoms with Gasteiger partial charge in [0.2, 0.25) is 0 Å². The maximum absolute atomic E-state index is 10.5. The quantitative estimate of drug-likeness (QED) is 0.609. The molecule has 0 aromatic carbocycles. The van der Waals surface area contributed by atoms with E-state index in [0.29, 0.717) is 6.42 Å². The van der Waals surface area contributed by atoms with Crippen molar-refractivity contribution in [3.8, 4) is 0 Å². The van der Waals surface area contributed by atoms with Crippen LogP contribution in [0.25, 0.3) is 0 Å². The van der Waals surface area contributed by atoms with Gasteiger partial charge in [-0.1, -0.05) is 19.9 Å². The fraction of sp³-hybridized carbons (Fsp3) is 0.625. The Balaban J connectivity index is 4.05. The molecule has 2 atom stereocenters. The summed E-state index contributed by atoms with van der Waals surface area (Å²) in [6.07, 6.45) is 2.35. The first-order valence-electron chi connectivity index (χ1n) is 3.48. The molecule has 10 heavy (non-hydrogen) atoms. The van der Waals surface area contributed by atoms with Gasteiger partial charge < -0.3 is 5.11 Å². The van der Waals surface area contributed by atoms with Crippen LogP contribution >= 0.6 is 0 Å². The van der Waals surface area contributed by atoms with E-state index in [4.69, 9.17) is 5.11 Å². The zero-order valence-electron chi connectivity index (χ0n) is 6.50. The summed E-state index contributed by atoms with van der Waals surface area (Å²) in [6.45, 7) is 7.29. The van der Waals surface area contributed by atoms with Gasteiger partial charge in [0.1, 0.15) is 0 Å². The van der Waals surface area contributed by atoms with Gasteiger partial charge in [0.05, 0.1) is 5.92 Å². The Morgan fingerprint density at radius 3 is 2.40 bits per heavy atom. The zero-order chi connectivity index (χ0) is 8.15. The zero-order valence-corrected chi connectivity index (χ0v) is 6.50. The average Bonchev–Trinajstić information content (AvgIpc) is 1.88. The lowest BCUT2D eigenvalue weighted by Crippen LogP contribution is -2.18. The molecule has 0 saturated heterocycles. The predicted octanol–water partition coefficient (Wildman–Crippen LogP) is 1.92. The second-order valence-electron chi connectivity index (χ2n) is 2.45. The summed E-state index contributed by atoms with van der Waals surface area (Å²) in [7, 11) is 0. The molecule has 0 radical (unpaired) electrons. The van der Waals surface area contributed by atoms with Gasteiger partial charge >= 0.3 is 5.97 Å². The van der Waals surface area contributed by atoms with Gasteiger partial charge in [-0.2, -0.15) is 0 Å². The van der Waals surface area contributed by atoms with Crippen molar-refractivity contribution < 1.29 is 9.90 Å².